The van der Waals surface area contributed by atoms with E-state index in [1.54, 1.807) is 0 Å². The molecule has 2 rings (SSSR count). The lowest BCUT2D eigenvalue weighted by atomic mass is 9.97. The van der Waals surface area contributed by atoms with Gasteiger partial charge in [-0.15, -0.1) is 0 Å². The Kier molecular flexibility index (Phi) is 4.71. The molecular weight excluding hydrogens is 216 g/mol. The Hall–Kier alpha value is -1.19. The van der Waals surface area contributed by atoms with Gasteiger partial charge in [0.1, 0.15) is 12.6 Å². The van der Waals surface area contributed by atoms with Crippen LogP contribution in [0, 0.1) is 0 Å². The lowest BCUT2D eigenvalue weighted by Crippen LogP contribution is -2.22. The van der Waals surface area contributed by atoms with Crippen LogP contribution in [0.1, 0.15) is 31.2 Å². The SMILES string of the molecule is O=C1CCC(OCOCc2ccccc2)CC1. The molecule has 3 nitrogen and oxygen atoms in total. The molecule has 0 atom stereocenters. The van der Waals surface area contributed by atoms with Crippen LogP contribution in [0.15, 0.2) is 30.3 Å². The molecule has 0 saturated heterocycles. The van der Waals surface area contributed by atoms with Gasteiger partial charge in [-0.25, -0.2) is 0 Å². The van der Waals surface area contributed by atoms with Crippen LogP contribution in [0.5, 0.6) is 0 Å². The number of hydrogen-bond acceptors (Lipinski definition) is 3. The minimum Gasteiger partial charge on any atom is -0.352 e. The van der Waals surface area contributed by atoms with Crippen LogP contribution < -0.4 is 0 Å². The maximum atomic E-state index is 11.0. The fourth-order valence-corrected chi connectivity index (χ4v) is 1.96. The summed E-state index contributed by atoms with van der Waals surface area (Å²) in [5, 5.41) is 0. The number of Topliss-reactive ketones (excluding diaryl/α,β-unsaturated/α-hetero) is 1. The van der Waals surface area contributed by atoms with Gasteiger partial charge in [-0.05, 0) is 18.4 Å². The molecule has 0 heterocycles. The van der Waals surface area contributed by atoms with E-state index in [-0.39, 0.29) is 6.10 Å². The van der Waals surface area contributed by atoms with Gasteiger partial charge in [-0.1, -0.05) is 30.3 Å². The number of ketones is 1. The second-order valence-corrected chi connectivity index (χ2v) is 4.36. The van der Waals surface area contributed by atoms with Gasteiger partial charge in [-0.2, -0.15) is 0 Å². The predicted molar refractivity (Wildman–Crippen MR) is 64.4 cm³/mol. The summed E-state index contributed by atoms with van der Waals surface area (Å²) in [6.07, 6.45) is 3.19. The third kappa shape index (κ3) is 4.29. The molecule has 0 bridgehead atoms. The quantitative estimate of drug-likeness (QED) is 0.580. The van der Waals surface area contributed by atoms with Crippen LogP contribution in [0.25, 0.3) is 0 Å². The van der Waals surface area contributed by atoms with E-state index in [0.29, 0.717) is 32.0 Å². The van der Waals surface area contributed by atoms with Crippen molar-refractivity contribution in [1.82, 2.24) is 0 Å². The smallest absolute Gasteiger partial charge is 0.147 e. The van der Waals surface area contributed by atoms with E-state index < -0.39 is 0 Å². The van der Waals surface area contributed by atoms with Gasteiger partial charge < -0.3 is 9.47 Å². The summed E-state index contributed by atoms with van der Waals surface area (Å²) in [4.78, 5) is 11.0. The summed E-state index contributed by atoms with van der Waals surface area (Å²) in [5.41, 5.74) is 1.15. The number of carbonyl (C=O) groups is 1. The zero-order valence-corrected chi connectivity index (χ0v) is 9.93. The van der Waals surface area contributed by atoms with Crippen molar-refractivity contribution in [3.05, 3.63) is 35.9 Å². The molecule has 0 N–H and O–H groups in total. The summed E-state index contributed by atoms with van der Waals surface area (Å²) in [5.74, 6) is 0.357. The number of hydrogen-bond donors (Lipinski definition) is 0. The minimum atomic E-state index is 0.198. The van der Waals surface area contributed by atoms with Crippen molar-refractivity contribution in [3.63, 3.8) is 0 Å². The molecule has 92 valence electrons. The first-order valence-corrected chi connectivity index (χ1v) is 6.09. The summed E-state index contributed by atoms with van der Waals surface area (Å²) in [6.45, 7) is 0.889. The molecule has 0 radical (unpaired) electrons. The largest absolute Gasteiger partial charge is 0.352 e. The highest BCUT2D eigenvalue weighted by Gasteiger charge is 2.18. The van der Waals surface area contributed by atoms with E-state index in [2.05, 4.69) is 0 Å². The number of benzene rings is 1. The molecule has 0 aliphatic heterocycles. The molecule has 0 unspecified atom stereocenters. The number of carbonyl (C=O) groups excluding carboxylic acids is 1. The minimum absolute atomic E-state index is 0.198. The topological polar surface area (TPSA) is 35.5 Å². The Morgan fingerprint density at radius 1 is 1.12 bits per heavy atom. The average molecular weight is 234 g/mol. The average Bonchev–Trinajstić information content (AvgIpc) is 2.38. The van der Waals surface area contributed by atoms with Crippen LogP contribution in [-0.2, 0) is 20.9 Å². The highest BCUT2D eigenvalue weighted by atomic mass is 16.7. The van der Waals surface area contributed by atoms with E-state index >= 15 is 0 Å². The maximum absolute atomic E-state index is 11.0. The second kappa shape index (κ2) is 6.52. The molecule has 1 aromatic carbocycles. The maximum Gasteiger partial charge on any atom is 0.147 e. The van der Waals surface area contributed by atoms with Crippen molar-refractivity contribution in [3.8, 4) is 0 Å². The first-order chi connectivity index (χ1) is 8.34. The molecule has 0 aromatic heterocycles. The fraction of sp³-hybridized carbons (Fsp3) is 0.500. The normalized spacial score (nSPS) is 17.3. The first kappa shape index (κ1) is 12.3. The first-order valence-electron chi connectivity index (χ1n) is 6.09. The van der Waals surface area contributed by atoms with Crippen molar-refractivity contribution in [1.29, 1.82) is 0 Å². The molecule has 17 heavy (non-hydrogen) atoms. The summed E-state index contributed by atoms with van der Waals surface area (Å²) < 4.78 is 11.0. The van der Waals surface area contributed by atoms with Crippen molar-refractivity contribution < 1.29 is 14.3 Å². The molecule has 1 aliphatic carbocycles. The number of rotatable bonds is 5. The summed E-state index contributed by atoms with van der Waals surface area (Å²) in [6, 6.07) is 10.0. The molecular formula is C14H18O3. The van der Waals surface area contributed by atoms with Crippen molar-refractivity contribution in [2.24, 2.45) is 0 Å². The van der Waals surface area contributed by atoms with Gasteiger partial charge in [0.25, 0.3) is 0 Å². The van der Waals surface area contributed by atoms with Crippen molar-refractivity contribution >= 4 is 5.78 Å². The Labute approximate surface area is 102 Å². The van der Waals surface area contributed by atoms with E-state index in [4.69, 9.17) is 9.47 Å². The van der Waals surface area contributed by atoms with Gasteiger partial charge in [-0.3, -0.25) is 4.79 Å². The zero-order chi connectivity index (χ0) is 11.9. The molecule has 3 heteroatoms. The van der Waals surface area contributed by atoms with Gasteiger partial charge >= 0.3 is 0 Å². The van der Waals surface area contributed by atoms with Crippen LogP contribution >= 0.6 is 0 Å². The molecule has 0 amide bonds. The zero-order valence-electron chi connectivity index (χ0n) is 9.93. The van der Waals surface area contributed by atoms with E-state index in [1.807, 2.05) is 30.3 Å². The molecule has 1 fully saturated rings. The van der Waals surface area contributed by atoms with Crippen molar-refractivity contribution in [2.45, 2.75) is 38.4 Å². The number of ether oxygens (including phenoxy) is 2. The Morgan fingerprint density at radius 3 is 2.53 bits per heavy atom. The van der Waals surface area contributed by atoms with Gasteiger partial charge in [0.2, 0.25) is 0 Å². The van der Waals surface area contributed by atoms with Crippen LogP contribution in [0.3, 0.4) is 0 Å². The Balaban J connectivity index is 1.59. The van der Waals surface area contributed by atoms with Crippen LogP contribution in [-0.4, -0.2) is 18.7 Å². The van der Waals surface area contributed by atoms with Gasteiger partial charge in [0, 0.05) is 12.8 Å². The molecule has 0 spiro atoms. The lowest BCUT2D eigenvalue weighted by molar-refractivity contribution is -0.130. The second-order valence-electron chi connectivity index (χ2n) is 4.36. The highest BCUT2D eigenvalue weighted by Crippen LogP contribution is 2.17. The third-order valence-corrected chi connectivity index (χ3v) is 2.99. The van der Waals surface area contributed by atoms with E-state index in [0.717, 1.165) is 18.4 Å². The van der Waals surface area contributed by atoms with E-state index in [1.165, 1.54) is 0 Å². The Bertz CT molecular complexity index is 338. The van der Waals surface area contributed by atoms with E-state index in [9.17, 15) is 4.79 Å². The van der Waals surface area contributed by atoms with Crippen molar-refractivity contribution in [2.75, 3.05) is 6.79 Å². The summed E-state index contributed by atoms with van der Waals surface area (Å²) in [7, 11) is 0. The molecule has 1 aromatic rings. The Morgan fingerprint density at radius 2 is 1.82 bits per heavy atom. The van der Waals surface area contributed by atoms with Crippen LogP contribution in [0.4, 0.5) is 0 Å². The molecule has 1 aliphatic rings. The summed E-state index contributed by atoms with van der Waals surface area (Å²) >= 11 is 0. The van der Waals surface area contributed by atoms with Gasteiger partial charge in [0.05, 0.1) is 12.7 Å². The van der Waals surface area contributed by atoms with Gasteiger partial charge in [0.15, 0.2) is 0 Å². The van der Waals surface area contributed by atoms with Crippen LogP contribution in [0.2, 0.25) is 0 Å². The third-order valence-electron chi connectivity index (χ3n) is 2.99. The predicted octanol–water partition coefficient (Wildman–Crippen LogP) is 2.69. The molecule has 1 saturated carbocycles. The fourth-order valence-electron chi connectivity index (χ4n) is 1.96. The highest BCUT2D eigenvalue weighted by molar-refractivity contribution is 5.79. The monoisotopic (exact) mass is 234 g/mol. The lowest BCUT2D eigenvalue weighted by Gasteiger charge is -2.21. The standard InChI is InChI=1S/C14H18O3/c15-13-6-8-14(9-7-13)17-11-16-10-12-4-2-1-3-5-12/h1-5,14H,6-11H2.